The lowest BCUT2D eigenvalue weighted by molar-refractivity contribution is 0.315. The highest BCUT2D eigenvalue weighted by atomic mass is 28.3. The normalized spacial score (nSPS) is 12.8. The molecule has 0 saturated heterocycles. The van der Waals surface area contributed by atoms with Crippen LogP contribution in [0.15, 0.2) is 16.8 Å². The molecule has 0 spiro atoms. The van der Waals surface area contributed by atoms with Crippen LogP contribution in [-0.2, 0) is 0 Å². The zero-order chi connectivity index (χ0) is 25.1. The van der Waals surface area contributed by atoms with Crippen molar-refractivity contribution < 1.29 is 4.63 Å². The summed E-state index contributed by atoms with van der Waals surface area (Å²) in [5.74, 6) is 7.05. The van der Waals surface area contributed by atoms with Crippen LogP contribution < -0.4 is 0 Å². The molecule has 0 aliphatic carbocycles. The maximum absolute atomic E-state index is 5.18. The molecule has 180 valence electrons. The van der Waals surface area contributed by atoms with Gasteiger partial charge in [0.1, 0.15) is 16.1 Å². The van der Waals surface area contributed by atoms with Crippen LogP contribution in [0, 0.1) is 22.9 Å². The molecule has 0 amide bonds. The fraction of sp³-hybridized carbons (Fsp3) is 0.643. The molecule has 0 unspecified atom stereocenters. The molecule has 2 rings (SSSR count). The Morgan fingerprint density at radius 3 is 1.06 bits per heavy atom. The first-order valence-corrected chi connectivity index (χ1v) is 17.1. The van der Waals surface area contributed by atoms with E-state index in [2.05, 4.69) is 128 Å². The summed E-state index contributed by atoms with van der Waals surface area (Å²) in [7, 11) is -3.66. The lowest BCUT2D eigenvalue weighted by Gasteiger charge is -2.38. The smallest absolute Gasteiger partial charge is 0.152 e. The number of fused-ring (bicyclic) bond motifs is 1. The summed E-state index contributed by atoms with van der Waals surface area (Å²) in [6, 6.07) is 4.13. The second-order valence-corrected chi connectivity index (χ2v) is 22.6. The number of hydrogen-bond donors (Lipinski definition) is 0. The summed E-state index contributed by atoms with van der Waals surface area (Å²) in [6.45, 7) is 28.0. The third-order valence-corrected chi connectivity index (χ3v) is 20.6. The Labute approximate surface area is 204 Å². The summed E-state index contributed by atoms with van der Waals surface area (Å²) in [6.07, 6.45) is 0. The Balaban J connectivity index is 2.64. The number of nitrogens with zero attached hydrogens (tertiary/aromatic N) is 2. The van der Waals surface area contributed by atoms with E-state index in [1.807, 2.05) is 0 Å². The number of rotatable bonds is 6. The third kappa shape index (κ3) is 5.01. The van der Waals surface area contributed by atoms with Gasteiger partial charge in [0.05, 0.1) is 11.1 Å². The van der Waals surface area contributed by atoms with Gasteiger partial charge in [0, 0.05) is 0 Å². The van der Waals surface area contributed by atoms with Gasteiger partial charge >= 0.3 is 0 Å². The van der Waals surface area contributed by atoms with E-state index >= 15 is 0 Å². The molecule has 5 heteroatoms. The van der Waals surface area contributed by atoms with Gasteiger partial charge in [0.25, 0.3) is 0 Å². The molecule has 1 aromatic carbocycles. The van der Waals surface area contributed by atoms with E-state index in [4.69, 9.17) is 4.63 Å². The van der Waals surface area contributed by atoms with E-state index in [1.54, 1.807) is 0 Å². The Kier molecular flexibility index (Phi) is 8.82. The van der Waals surface area contributed by atoms with Gasteiger partial charge in [-0.3, -0.25) is 0 Å². The first kappa shape index (κ1) is 27.4. The topological polar surface area (TPSA) is 38.9 Å². The molecule has 33 heavy (non-hydrogen) atoms. The third-order valence-electron chi connectivity index (χ3n) is 7.97. The minimum atomic E-state index is -1.83. The summed E-state index contributed by atoms with van der Waals surface area (Å²) in [4.78, 5) is 0. The highest BCUT2D eigenvalue weighted by Gasteiger charge is 2.42. The summed E-state index contributed by atoms with van der Waals surface area (Å²) < 4.78 is 5.18. The monoisotopic (exact) mass is 480 g/mol. The van der Waals surface area contributed by atoms with Gasteiger partial charge in [-0.1, -0.05) is 94.9 Å². The average Bonchev–Trinajstić information content (AvgIpc) is 3.18. The largest absolute Gasteiger partial charge is 0.243 e. The van der Waals surface area contributed by atoms with Gasteiger partial charge < -0.3 is 0 Å². The van der Waals surface area contributed by atoms with E-state index < -0.39 is 16.1 Å². The Hall–Kier alpha value is -1.83. The average molecular weight is 481 g/mol. The predicted octanol–water partition coefficient (Wildman–Crippen LogP) is 8.36. The van der Waals surface area contributed by atoms with Crippen LogP contribution in [0.5, 0.6) is 0 Å². The minimum absolute atomic E-state index is 0.585. The highest BCUT2D eigenvalue weighted by Crippen LogP contribution is 2.42. The van der Waals surface area contributed by atoms with Crippen LogP contribution in [0.2, 0.25) is 33.2 Å². The van der Waals surface area contributed by atoms with Gasteiger partial charge in [-0.2, -0.15) is 0 Å². The van der Waals surface area contributed by atoms with Crippen molar-refractivity contribution in [3.8, 4) is 22.9 Å². The van der Waals surface area contributed by atoms with Crippen molar-refractivity contribution in [3.05, 3.63) is 23.3 Å². The van der Waals surface area contributed by atoms with E-state index in [-0.39, 0.29) is 0 Å². The van der Waals surface area contributed by atoms with E-state index in [0.717, 1.165) is 22.2 Å². The quantitative estimate of drug-likeness (QED) is 0.308. The summed E-state index contributed by atoms with van der Waals surface area (Å²) >= 11 is 0. The van der Waals surface area contributed by atoms with E-state index in [9.17, 15) is 0 Å². The molecule has 0 bridgehead atoms. The molecule has 2 aromatic rings. The van der Waals surface area contributed by atoms with Crippen LogP contribution in [0.3, 0.4) is 0 Å². The summed E-state index contributed by atoms with van der Waals surface area (Å²) in [5.41, 5.74) is 14.4. The Bertz CT molecular complexity index is 944. The molecule has 0 saturated carbocycles. The maximum Gasteiger partial charge on any atom is 0.152 e. The van der Waals surface area contributed by atoms with E-state index in [1.165, 1.54) is 0 Å². The molecule has 0 atom stereocenters. The summed E-state index contributed by atoms with van der Waals surface area (Å²) in [5, 5.41) is 8.47. The molecule has 1 aromatic heterocycles. The fourth-order valence-electron chi connectivity index (χ4n) is 6.29. The molecule has 0 aliphatic heterocycles. The van der Waals surface area contributed by atoms with Crippen molar-refractivity contribution in [2.75, 3.05) is 0 Å². The lowest BCUT2D eigenvalue weighted by Crippen LogP contribution is -2.43. The van der Waals surface area contributed by atoms with Crippen molar-refractivity contribution in [1.82, 2.24) is 10.3 Å². The van der Waals surface area contributed by atoms with Crippen molar-refractivity contribution >= 4 is 27.2 Å². The molecular formula is C28H44N2OSi2. The van der Waals surface area contributed by atoms with Gasteiger partial charge in [0.2, 0.25) is 0 Å². The molecule has 0 radical (unpaired) electrons. The predicted molar refractivity (Wildman–Crippen MR) is 148 cm³/mol. The minimum Gasteiger partial charge on any atom is -0.243 e. The molecule has 0 N–H and O–H groups in total. The standard InChI is InChI=1S/C28H44N2OSi2/c1-19(2)32(20(3)4,21(5)6)17-15-25-13-14-26(28-27(25)29-31-30-28)16-18-33(22(7)8,23(9)10)24(11)12/h13-14,19-24H,1-12H3. The van der Waals surface area contributed by atoms with Gasteiger partial charge in [-0.15, -0.1) is 11.1 Å². The van der Waals surface area contributed by atoms with Crippen molar-refractivity contribution in [1.29, 1.82) is 0 Å². The molecule has 0 aliphatic rings. The molecule has 3 nitrogen and oxygen atoms in total. The zero-order valence-corrected chi connectivity index (χ0v) is 24.9. The van der Waals surface area contributed by atoms with Crippen LogP contribution in [0.4, 0.5) is 0 Å². The zero-order valence-electron chi connectivity index (χ0n) is 22.9. The Morgan fingerprint density at radius 2 is 0.818 bits per heavy atom. The number of aromatic nitrogens is 2. The van der Waals surface area contributed by atoms with Gasteiger partial charge in [-0.25, -0.2) is 4.63 Å². The molecule has 1 heterocycles. The lowest BCUT2D eigenvalue weighted by atomic mass is 10.1. The first-order valence-electron chi connectivity index (χ1n) is 12.6. The van der Waals surface area contributed by atoms with Crippen molar-refractivity contribution in [3.63, 3.8) is 0 Å². The van der Waals surface area contributed by atoms with Crippen LogP contribution >= 0.6 is 0 Å². The van der Waals surface area contributed by atoms with E-state index in [0.29, 0.717) is 33.2 Å². The van der Waals surface area contributed by atoms with Crippen LogP contribution in [0.25, 0.3) is 11.0 Å². The number of hydrogen-bond acceptors (Lipinski definition) is 3. The Morgan fingerprint density at radius 1 is 0.545 bits per heavy atom. The molecule has 0 fully saturated rings. The van der Waals surface area contributed by atoms with Crippen molar-refractivity contribution in [2.45, 2.75) is 116 Å². The fourth-order valence-corrected chi connectivity index (χ4v) is 16.7. The van der Waals surface area contributed by atoms with Crippen LogP contribution in [0.1, 0.15) is 94.2 Å². The second-order valence-electron chi connectivity index (χ2n) is 11.4. The first-order chi connectivity index (χ1) is 15.3. The van der Waals surface area contributed by atoms with Gasteiger partial charge in [0.15, 0.2) is 11.0 Å². The van der Waals surface area contributed by atoms with Crippen molar-refractivity contribution in [2.24, 2.45) is 0 Å². The maximum atomic E-state index is 5.18. The SMILES string of the molecule is CC(C)[Si](C#Cc1ccc(C#C[Si](C(C)C)(C(C)C)C(C)C)c2nonc12)(C(C)C)C(C)C. The van der Waals surface area contributed by atoms with Gasteiger partial charge in [-0.05, 0) is 55.7 Å². The molecular weight excluding hydrogens is 436 g/mol. The van der Waals surface area contributed by atoms with Crippen LogP contribution in [-0.4, -0.2) is 26.5 Å². The second kappa shape index (κ2) is 10.6. The number of benzene rings is 1. The highest BCUT2D eigenvalue weighted by molar-refractivity contribution is 6.91.